The minimum Gasteiger partial charge on any atom is -0.477 e. The van der Waals surface area contributed by atoms with Gasteiger partial charge in [0.05, 0.1) is 19.4 Å². The van der Waals surface area contributed by atoms with Crippen LogP contribution in [0, 0.1) is 0 Å². The Hall–Kier alpha value is -3.11. The van der Waals surface area contributed by atoms with Crippen molar-refractivity contribution in [2.24, 2.45) is 0 Å². The van der Waals surface area contributed by atoms with Gasteiger partial charge in [-0.05, 0) is 12.1 Å². The molecule has 3 rings (SSSR count). The number of furan rings is 1. The van der Waals surface area contributed by atoms with Gasteiger partial charge >= 0.3 is 0 Å². The molecule has 0 radical (unpaired) electrons. The zero-order chi connectivity index (χ0) is 21.3. The fraction of sp³-hybridized carbons (Fsp3) is 0.450. The molecule has 10 nitrogen and oxygen atoms in total. The molecular weight excluding hydrogens is 394 g/mol. The van der Waals surface area contributed by atoms with Gasteiger partial charge in [-0.1, -0.05) is 0 Å². The predicted molar refractivity (Wildman–Crippen MR) is 105 cm³/mol. The number of nitrogens with zero attached hydrogens (tertiary/aromatic N) is 2. The molecule has 2 aromatic heterocycles. The summed E-state index contributed by atoms with van der Waals surface area (Å²) >= 11 is 0. The standard InChI is InChI=1S/C20H25N3O7/c1-27-10-4-21-19(25)14-30-18-13-29-15(11-16(18)24)12-22-5-7-23(8-6-22)20(26)17-3-2-9-28-17/h2-3,9,11,13H,4-8,10,12,14H2,1H3,(H,21,25). The molecular formula is C20H25N3O7. The molecule has 10 heteroatoms. The Labute approximate surface area is 173 Å². The maximum atomic E-state index is 12.3. The van der Waals surface area contributed by atoms with Crippen molar-refractivity contribution < 1.29 is 27.9 Å². The number of rotatable bonds is 9. The first-order valence-corrected chi connectivity index (χ1v) is 9.62. The van der Waals surface area contributed by atoms with Crippen molar-refractivity contribution in [2.75, 3.05) is 53.0 Å². The molecule has 1 N–H and O–H groups in total. The van der Waals surface area contributed by atoms with Crippen molar-refractivity contribution in [2.45, 2.75) is 6.54 Å². The molecule has 1 saturated heterocycles. The van der Waals surface area contributed by atoms with E-state index < -0.39 is 0 Å². The van der Waals surface area contributed by atoms with Crippen molar-refractivity contribution in [1.29, 1.82) is 0 Å². The van der Waals surface area contributed by atoms with Gasteiger partial charge in [-0.2, -0.15) is 0 Å². The highest BCUT2D eigenvalue weighted by Crippen LogP contribution is 2.13. The van der Waals surface area contributed by atoms with Crippen molar-refractivity contribution in [1.82, 2.24) is 15.1 Å². The Balaban J connectivity index is 1.45. The molecule has 3 heterocycles. The summed E-state index contributed by atoms with van der Waals surface area (Å²) in [5.74, 6) is 0.325. The van der Waals surface area contributed by atoms with Gasteiger partial charge in [-0.15, -0.1) is 0 Å². The lowest BCUT2D eigenvalue weighted by Crippen LogP contribution is -2.48. The van der Waals surface area contributed by atoms with Crippen LogP contribution in [0.15, 0.2) is 44.4 Å². The number of piperazine rings is 1. The second-order valence-electron chi connectivity index (χ2n) is 6.75. The van der Waals surface area contributed by atoms with Crippen molar-refractivity contribution in [3.63, 3.8) is 0 Å². The third-order valence-electron chi connectivity index (χ3n) is 4.61. The van der Waals surface area contributed by atoms with Crippen LogP contribution in [0.1, 0.15) is 16.3 Å². The Morgan fingerprint density at radius 2 is 2.00 bits per heavy atom. The molecule has 30 heavy (non-hydrogen) atoms. The first kappa shape index (κ1) is 21.6. The van der Waals surface area contributed by atoms with E-state index in [2.05, 4.69) is 10.2 Å². The Kier molecular flexibility index (Phi) is 7.63. The topological polar surface area (TPSA) is 114 Å². The first-order valence-electron chi connectivity index (χ1n) is 9.62. The van der Waals surface area contributed by atoms with Crippen molar-refractivity contribution >= 4 is 11.8 Å². The predicted octanol–water partition coefficient (Wildman–Crippen LogP) is 0.332. The molecule has 1 fully saturated rings. The smallest absolute Gasteiger partial charge is 0.289 e. The van der Waals surface area contributed by atoms with Crippen LogP contribution in [0.3, 0.4) is 0 Å². The summed E-state index contributed by atoms with van der Waals surface area (Å²) < 4.78 is 20.7. The molecule has 0 unspecified atom stereocenters. The van der Waals surface area contributed by atoms with Crippen molar-refractivity contribution in [3.8, 4) is 5.75 Å². The number of hydrogen-bond acceptors (Lipinski definition) is 8. The number of methoxy groups -OCH3 is 1. The molecule has 0 aliphatic carbocycles. The average Bonchev–Trinajstić information content (AvgIpc) is 3.28. The maximum Gasteiger partial charge on any atom is 0.289 e. The van der Waals surface area contributed by atoms with Crippen LogP contribution >= 0.6 is 0 Å². The summed E-state index contributed by atoms with van der Waals surface area (Å²) in [6.07, 6.45) is 2.70. The second kappa shape index (κ2) is 10.6. The molecule has 0 spiro atoms. The van der Waals surface area contributed by atoms with Crippen LogP contribution < -0.4 is 15.5 Å². The number of ether oxygens (including phenoxy) is 2. The lowest BCUT2D eigenvalue weighted by molar-refractivity contribution is -0.123. The molecule has 0 saturated carbocycles. The SMILES string of the molecule is COCCNC(=O)COc1coc(CN2CCN(C(=O)c3ccco3)CC2)cc1=O. The van der Waals surface area contributed by atoms with Crippen LogP contribution in [-0.4, -0.2) is 74.7 Å². The second-order valence-corrected chi connectivity index (χ2v) is 6.75. The number of carbonyl (C=O) groups is 2. The monoisotopic (exact) mass is 419 g/mol. The van der Waals surface area contributed by atoms with E-state index in [9.17, 15) is 14.4 Å². The molecule has 2 amide bonds. The van der Waals surface area contributed by atoms with E-state index in [1.54, 1.807) is 17.0 Å². The van der Waals surface area contributed by atoms with Crippen LogP contribution in [-0.2, 0) is 16.1 Å². The maximum absolute atomic E-state index is 12.3. The fourth-order valence-corrected chi connectivity index (χ4v) is 3.00. The van der Waals surface area contributed by atoms with Crippen molar-refractivity contribution in [3.05, 3.63) is 52.5 Å². The van der Waals surface area contributed by atoms with Gasteiger partial charge in [0.2, 0.25) is 11.2 Å². The average molecular weight is 419 g/mol. The lowest BCUT2D eigenvalue weighted by atomic mass is 10.2. The highest BCUT2D eigenvalue weighted by atomic mass is 16.5. The minimum absolute atomic E-state index is 0.0190. The zero-order valence-corrected chi connectivity index (χ0v) is 16.8. The van der Waals surface area contributed by atoms with E-state index in [0.717, 1.165) is 0 Å². The van der Waals surface area contributed by atoms with Crippen LogP contribution in [0.4, 0.5) is 0 Å². The number of hydrogen-bond donors (Lipinski definition) is 1. The molecule has 1 aliphatic rings. The van der Waals surface area contributed by atoms with Gasteiger partial charge in [-0.3, -0.25) is 19.3 Å². The van der Waals surface area contributed by atoms with Crippen LogP contribution in [0.25, 0.3) is 0 Å². The zero-order valence-electron chi connectivity index (χ0n) is 16.8. The summed E-state index contributed by atoms with van der Waals surface area (Å²) in [5, 5.41) is 2.60. The largest absolute Gasteiger partial charge is 0.477 e. The van der Waals surface area contributed by atoms with Gasteiger partial charge < -0.3 is 28.5 Å². The molecule has 0 bridgehead atoms. The summed E-state index contributed by atoms with van der Waals surface area (Å²) in [4.78, 5) is 39.9. The molecule has 0 atom stereocenters. The van der Waals surface area contributed by atoms with Gasteiger partial charge in [0.1, 0.15) is 12.0 Å². The van der Waals surface area contributed by atoms with E-state index >= 15 is 0 Å². The number of nitrogens with one attached hydrogen (secondary N) is 1. The number of carbonyl (C=O) groups excluding carboxylic acids is 2. The third-order valence-corrected chi connectivity index (χ3v) is 4.61. The quantitative estimate of drug-likeness (QED) is 0.579. The minimum atomic E-state index is -0.354. The van der Waals surface area contributed by atoms with Crippen LogP contribution in [0.2, 0.25) is 0 Å². The molecule has 162 valence electrons. The van der Waals surface area contributed by atoms with E-state index in [-0.39, 0.29) is 29.6 Å². The van der Waals surface area contributed by atoms with Gasteiger partial charge in [-0.25, -0.2) is 0 Å². The summed E-state index contributed by atoms with van der Waals surface area (Å²) in [5.41, 5.74) is -0.354. The van der Waals surface area contributed by atoms with Gasteiger partial charge in [0, 0.05) is 45.9 Å². The molecule has 2 aromatic rings. The normalized spacial score (nSPS) is 14.5. The third kappa shape index (κ3) is 5.94. The molecule has 1 aliphatic heterocycles. The highest BCUT2D eigenvalue weighted by molar-refractivity contribution is 5.91. The Bertz CT molecular complexity index is 886. The van der Waals surface area contributed by atoms with Gasteiger partial charge in [0.25, 0.3) is 11.8 Å². The summed E-state index contributed by atoms with van der Waals surface area (Å²) in [6, 6.07) is 4.70. The first-order chi connectivity index (χ1) is 14.6. The van der Waals surface area contributed by atoms with E-state index in [1.165, 1.54) is 25.7 Å². The van der Waals surface area contributed by atoms with Gasteiger partial charge in [0.15, 0.2) is 12.4 Å². The van der Waals surface area contributed by atoms with E-state index in [1.807, 2.05) is 0 Å². The summed E-state index contributed by atoms with van der Waals surface area (Å²) in [6.45, 7) is 3.34. The number of amides is 2. The fourth-order valence-electron chi connectivity index (χ4n) is 3.00. The van der Waals surface area contributed by atoms with Crippen LogP contribution in [0.5, 0.6) is 5.75 Å². The lowest BCUT2D eigenvalue weighted by Gasteiger charge is -2.33. The highest BCUT2D eigenvalue weighted by Gasteiger charge is 2.24. The Morgan fingerprint density at radius 1 is 1.20 bits per heavy atom. The molecule has 0 aromatic carbocycles. The van der Waals surface area contributed by atoms with E-state index in [4.69, 9.17) is 18.3 Å². The Morgan fingerprint density at radius 3 is 2.67 bits per heavy atom. The summed E-state index contributed by atoms with van der Waals surface area (Å²) in [7, 11) is 1.54. The van der Waals surface area contributed by atoms with E-state index in [0.29, 0.717) is 57.4 Å².